The van der Waals surface area contributed by atoms with E-state index in [0.717, 1.165) is 17.8 Å². The SMILES string of the molecule is O=C(c1cn(Cc2ccccn2)nn1)N1CCNCC1c1cccc(Cl)c1. The zero-order valence-electron chi connectivity index (χ0n) is 14.6. The molecule has 1 atom stereocenters. The van der Waals surface area contributed by atoms with Crippen molar-refractivity contribution >= 4 is 17.5 Å². The number of piperazine rings is 1. The van der Waals surface area contributed by atoms with Crippen molar-refractivity contribution in [2.24, 2.45) is 0 Å². The molecule has 1 unspecified atom stereocenters. The van der Waals surface area contributed by atoms with Gasteiger partial charge in [0.15, 0.2) is 5.69 Å². The molecule has 27 heavy (non-hydrogen) atoms. The number of nitrogens with one attached hydrogen (secondary N) is 1. The normalized spacial score (nSPS) is 17.1. The van der Waals surface area contributed by atoms with Crippen LogP contribution in [0.2, 0.25) is 5.02 Å². The fourth-order valence-corrected chi connectivity index (χ4v) is 3.44. The number of aromatic nitrogens is 4. The monoisotopic (exact) mass is 382 g/mol. The second kappa shape index (κ2) is 7.85. The van der Waals surface area contributed by atoms with Crippen LogP contribution in [0.4, 0.5) is 0 Å². The van der Waals surface area contributed by atoms with Crippen LogP contribution < -0.4 is 5.32 Å². The van der Waals surface area contributed by atoms with Gasteiger partial charge in [0, 0.05) is 30.9 Å². The Morgan fingerprint density at radius 2 is 2.19 bits per heavy atom. The molecule has 4 rings (SSSR count). The third kappa shape index (κ3) is 3.99. The topological polar surface area (TPSA) is 75.9 Å². The Balaban J connectivity index is 1.54. The maximum Gasteiger partial charge on any atom is 0.276 e. The van der Waals surface area contributed by atoms with Gasteiger partial charge >= 0.3 is 0 Å². The van der Waals surface area contributed by atoms with Crippen LogP contribution in [0.25, 0.3) is 0 Å². The van der Waals surface area contributed by atoms with Crippen molar-refractivity contribution < 1.29 is 4.79 Å². The molecule has 0 spiro atoms. The second-order valence-corrected chi connectivity index (χ2v) is 6.83. The summed E-state index contributed by atoms with van der Waals surface area (Å²) >= 11 is 6.13. The number of nitrogens with zero attached hydrogens (tertiary/aromatic N) is 5. The molecule has 1 saturated heterocycles. The van der Waals surface area contributed by atoms with Crippen molar-refractivity contribution in [2.45, 2.75) is 12.6 Å². The third-order valence-electron chi connectivity index (χ3n) is 4.55. The first-order valence-corrected chi connectivity index (χ1v) is 9.16. The highest BCUT2D eigenvalue weighted by molar-refractivity contribution is 6.30. The summed E-state index contributed by atoms with van der Waals surface area (Å²) in [5.74, 6) is -0.131. The van der Waals surface area contributed by atoms with Gasteiger partial charge in [0.1, 0.15) is 0 Å². The van der Waals surface area contributed by atoms with Crippen LogP contribution in [-0.4, -0.2) is 50.4 Å². The lowest BCUT2D eigenvalue weighted by Gasteiger charge is -2.36. The van der Waals surface area contributed by atoms with Crippen molar-refractivity contribution in [3.63, 3.8) is 0 Å². The van der Waals surface area contributed by atoms with E-state index in [1.54, 1.807) is 17.1 Å². The average molecular weight is 383 g/mol. The molecule has 7 nitrogen and oxygen atoms in total. The number of hydrogen-bond donors (Lipinski definition) is 1. The van der Waals surface area contributed by atoms with Gasteiger partial charge in [-0.25, -0.2) is 4.68 Å². The molecule has 0 radical (unpaired) electrons. The number of carbonyl (C=O) groups is 1. The van der Waals surface area contributed by atoms with Gasteiger partial charge in [0.25, 0.3) is 5.91 Å². The van der Waals surface area contributed by atoms with E-state index < -0.39 is 0 Å². The van der Waals surface area contributed by atoms with E-state index in [1.165, 1.54) is 0 Å². The molecular weight excluding hydrogens is 364 g/mol. The van der Waals surface area contributed by atoms with Gasteiger partial charge in [-0.05, 0) is 29.8 Å². The molecule has 0 bridgehead atoms. The quantitative estimate of drug-likeness (QED) is 0.748. The summed E-state index contributed by atoms with van der Waals surface area (Å²) in [6.07, 6.45) is 3.41. The molecule has 1 aliphatic rings. The summed E-state index contributed by atoms with van der Waals surface area (Å²) in [6, 6.07) is 13.2. The first-order valence-electron chi connectivity index (χ1n) is 8.78. The lowest BCUT2D eigenvalue weighted by Crippen LogP contribution is -2.48. The Bertz CT molecular complexity index is 929. The lowest BCUT2D eigenvalue weighted by molar-refractivity contribution is 0.0628. The summed E-state index contributed by atoms with van der Waals surface area (Å²) in [6.45, 7) is 2.49. The molecule has 1 fully saturated rings. The number of amides is 1. The molecule has 1 aromatic carbocycles. The first kappa shape index (κ1) is 17.6. The Morgan fingerprint density at radius 3 is 3.00 bits per heavy atom. The number of rotatable bonds is 4. The van der Waals surface area contributed by atoms with Crippen molar-refractivity contribution in [3.8, 4) is 0 Å². The van der Waals surface area contributed by atoms with Crippen molar-refractivity contribution in [2.75, 3.05) is 19.6 Å². The fourth-order valence-electron chi connectivity index (χ4n) is 3.24. The Morgan fingerprint density at radius 1 is 1.26 bits per heavy atom. The van der Waals surface area contributed by atoms with E-state index in [4.69, 9.17) is 11.6 Å². The fraction of sp³-hybridized carbons (Fsp3) is 0.263. The van der Waals surface area contributed by atoms with E-state index in [0.29, 0.717) is 30.4 Å². The highest BCUT2D eigenvalue weighted by Gasteiger charge is 2.30. The van der Waals surface area contributed by atoms with Crippen molar-refractivity contribution in [1.82, 2.24) is 30.2 Å². The molecule has 2 aromatic heterocycles. The molecule has 3 heterocycles. The predicted octanol–water partition coefficient (Wildman–Crippen LogP) is 2.16. The van der Waals surface area contributed by atoms with Gasteiger partial charge in [-0.15, -0.1) is 5.10 Å². The molecule has 0 saturated carbocycles. The zero-order chi connectivity index (χ0) is 18.6. The van der Waals surface area contributed by atoms with Gasteiger partial charge in [0.2, 0.25) is 0 Å². The molecule has 138 valence electrons. The highest BCUT2D eigenvalue weighted by atomic mass is 35.5. The summed E-state index contributed by atoms with van der Waals surface area (Å²) in [5, 5.41) is 12.2. The van der Waals surface area contributed by atoms with E-state index in [-0.39, 0.29) is 11.9 Å². The van der Waals surface area contributed by atoms with Gasteiger partial charge in [-0.1, -0.05) is 35.0 Å². The van der Waals surface area contributed by atoms with Crippen LogP contribution in [0.5, 0.6) is 0 Å². The summed E-state index contributed by atoms with van der Waals surface area (Å²) in [7, 11) is 0. The van der Waals surface area contributed by atoms with Crippen LogP contribution >= 0.6 is 11.6 Å². The molecule has 3 aromatic rings. The molecule has 8 heteroatoms. The average Bonchev–Trinajstić information content (AvgIpc) is 3.17. The number of halogens is 1. The van der Waals surface area contributed by atoms with Crippen LogP contribution in [0.15, 0.2) is 54.9 Å². The largest absolute Gasteiger partial charge is 0.328 e. The summed E-state index contributed by atoms with van der Waals surface area (Å²) in [4.78, 5) is 19.2. The molecule has 0 aliphatic carbocycles. The minimum absolute atomic E-state index is 0.0918. The van der Waals surface area contributed by atoms with E-state index in [9.17, 15) is 4.79 Å². The van der Waals surface area contributed by atoms with Gasteiger partial charge < -0.3 is 10.2 Å². The molecule has 1 aliphatic heterocycles. The van der Waals surface area contributed by atoms with Crippen LogP contribution in [0.1, 0.15) is 27.8 Å². The third-order valence-corrected chi connectivity index (χ3v) is 4.78. The maximum absolute atomic E-state index is 13.1. The lowest BCUT2D eigenvalue weighted by atomic mass is 10.0. The first-order chi connectivity index (χ1) is 13.2. The van der Waals surface area contributed by atoms with Crippen LogP contribution in [0, 0.1) is 0 Å². The molecule has 1 N–H and O–H groups in total. The molecule has 1 amide bonds. The predicted molar refractivity (Wildman–Crippen MR) is 101 cm³/mol. The van der Waals surface area contributed by atoms with E-state index >= 15 is 0 Å². The van der Waals surface area contributed by atoms with Gasteiger partial charge in [0.05, 0.1) is 24.5 Å². The Hall–Kier alpha value is -2.77. The minimum atomic E-state index is -0.131. The number of carbonyl (C=O) groups excluding carboxylic acids is 1. The number of benzene rings is 1. The summed E-state index contributed by atoms with van der Waals surface area (Å²) in [5.41, 5.74) is 2.20. The van der Waals surface area contributed by atoms with Gasteiger partial charge in [-0.2, -0.15) is 0 Å². The standard InChI is InChI=1S/C19H19ClN6O/c20-15-5-3-4-14(10-15)18-11-21-8-9-26(18)19(27)17-13-25(24-23-17)12-16-6-1-2-7-22-16/h1-7,10,13,18,21H,8-9,11-12H2. The Kier molecular flexibility index (Phi) is 5.13. The number of hydrogen-bond acceptors (Lipinski definition) is 5. The second-order valence-electron chi connectivity index (χ2n) is 6.40. The van der Waals surface area contributed by atoms with E-state index in [2.05, 4.69) is 20.6 Å². The maximum atomic E-state index is 13.1. The Labute approximate surface area is 162 Å². The molecular formula is C19H19ClN6O. The minimum Gasteiger partial charge on any atom is -0.328 e. The number of pyridine rings is 1. The van der Waals surface area contributed by atoms with Gasteiger partial charge in [-0.3, -0.25) is 9.78 Å². The smallest absolute Gasteiger partial charge is 0.276 e. The van der Waals surface area contributed by atoms with E-state index in [1.807, 2.05) is 47.4 Å². The highest BCUT2D eigenvalue weighted by Crippen LogP contribution is 2.25. The zero-order valence-corrected chi connectivity index (χ0v) is 15.4. The van der Waals surface area contributed by atoms with Crippen molar-refractivity contribution in [1.29, 1.82) is 0 Å². The summed E-state index contributed by atoms with van der Waals surface area (Å²) < 4.78 is 1.63. The van der Waals surface area contributed by atoms with Crippen LogP contribution in [-0.2, 0) is 6.54 Å². The van der Waals surface area contributed by atoms with Crippen molar-refractivity contribution in [3.05, 3.63) is 76.8 Å². The van der Waals surface area contributed by atoms with Crippen LogP contribution in [0.3, 0.4) is 0 Å².